The molecule has 0 spiro atoms. The highest BCUT2D eigenvalue weighted by atomic mass is 16.1. The highest BCUT2D eigenvalue weighted by molar-refractivity contribution is 6.05. The zero-order valence-corrected chi connectivity index (χ0v) is 12.5. The van der Waals surface area contributed by atoms with Crippen molar-refractivity contribution in [2.75, 3.05) is 5.32 Å². The maximum Gasteiger partial charge on any atom is 0.256 e. The Labute approximate surface area is 136 Å². The van der Waals surface area contributed by atoms with Crippen LogP contribution < -0.4 is 5.32 Å². The molecule has 8 nitrogen and oxygen atoms in total. The number of anilines is 1. The van der Waals surface area contributed by atoms with E-state index in [4.69, 9.17) is 0 Å². The predicted octanol–water partition coefficient (Wildman–Crippen LogP) is 1.85. The van der Waals surface area contributed by atoms with E-state index in [2.05, 4.69) is 30.8 Å². The third-order valence-corrected chi connectivity index (χ3v) is 3.64. The molecule has 4 aromatic rings. The Kier molecular flexibility index (Phi) is 3.47. The lowest BCUT2D eigenvalue weighted by atomic mass is 10.1. The number of rotatable bonds is 4. The Morgan fingerprint density at radius 1 is 1.12 bits per heavy atom. The molecule has 24 heavy (non-hydrogen) atoms. The van der Waals surface area contributed by atoms with E-state index in [0.717, 1.165) is 11.1 Å². The number of carbonyl (C=O) groups is 1. The molecule has 2 heterocycles. The van der Waals surface area contributed by atoms with Crippen LogP contribution in [0.1, 0.15) is 15.9 Å². The Hall–Kier alpha value is -3.55. The second-order valence-corrected chi connectivity index (χ2v) is 5.23. The van der Waals surface area contributed by atoms with Crippen LogP contribution >= 0.6 is 0 Å². The molecule has 0 saturated heterocycles. The van der Waals surface area contributed by atoms with Gasteiger partial charge in [0.2, 0.25) is 0 Å². The molecule has 0 fully saturated rings. The van der Waals surface area contributed by atoms with Gasteiger partial charge in [-0.25, -0.2) is 9.67 Å². The molecule has 2 aromatic carbocycles. The van der Waals surface area contributed by atoms with Gasteiger partial charge in [0.25, 0.3) is 5.91 Å². The fourth-order valence-corrected chi connectivity index (χ4v) is 2.49. The molecular formula is C16H13N7O. The van der Waals surface area contributed by atoms with E-state index in [-0.39, 0.29) is 5.91 Å². The van der Waals surface area contributed by atoms with E-state index in [1.807, 2.05) is 18.2 Å². The number of nitrogens with zero attached hydrogens (tertiary/aromatic N) is 5. The van der Waals surface area contributed by atoms with Crippen LogP contribution in [-0.4, -0.2) is 36.1 Å². The average Bonchev–Trinajstić information content (AvgIpc) is 3.26. The van der Waals surface area contributed by atoms with Gasteiger partial charge in [-0.05, 0) is 29.8 Å². The zero-order valence-electron chi connectivity index (χ0n) is 12.5. The largest absolute Gasteiger partial charge is 0.322 e. The Bertz CT molecular complexity index is 991. The van der Waals surface area contributed by atoms with Crippen LogP contribution in [0, 0.1) is 0 Å². The standard InChI is InChI=1S/C16H13N7O/c24-16(19-12-5-6-14-15(7-12)21-22-20-14)13-4-2-1-3-11(13)8-23-10-17-9-18-23/h1-7,9-10H,8H2,(H,19,24)(H,20,21,22). The van der Waals surface area contributed by atoms with Crippen LogP contribution in [0.4, 0.5) is 5.69 Å². The van der Waals surface area contributed by atoms with Gasteiger partial charge < -0.3 is 5.32 Å². The summed E-state index contributed by atoms with van der Waals surface area (Å²) >= 11 is 0. The van der Waals surface area contributed by atoms with Crippen LogP contribution in [0.5, 0.6) is 0 Å². The van der Waals surface area contributed by atoms with Crippen molar-refractivity contribution in [2.45, 2.75) is 6.54 Å². The molecule has 0 saturated carbocycles. The monoisotopic (exact) mass is 319 g/mol. The maximum atomic E-state index is 12.6. The highest BCUT2D eigenvalue weighted by Crippen LogP contribution is 2.17. The topological polar surface area (TPSA) is 101 Å². The van der Waals surface area contributed by atoms with Crippen LogP contribution in [0.25, 0.3) is 11.0 Å². The lowest BCUT2D eigenvalue weighted by Gasteiger charge is -2.10. The molecule has 0 aliphatic heterocycles. The second-order valence-electron chi connectivity index (χ2n) is 5.23. The van der Waals surface area contributed by atoms with Crippen molar-refractivity contribution in [2.24, 2.45) is 0 Å². The lowest BCUT2D eigenvalue weighted by molar-refractivity contribution is 0.102. The normalized spacial score (nSPS) is 10.8. The van der Waals surface area contributed by atoms with E-state index in [1.165, 1.54) is 6.33 Å². The molecular weight excluding hydrogens is 306 g/mol. The third-order valence-electron chi connectivity index (χ3n) is 3.64. The summed E-state index contributed by atoms with van der Waals surface area (Å²) in [4.78, 5) is 16.6. The smallest absolute Gasteiger partial charge is 0.256 e. The van der Waals surface area contributed by atoms with Crippen LogP contribution in [0.3, 0.4) is 0 Å². The van der Waals surface area contributed by atoms with Gasteiger partial charge in [-0.15, -0.1) is 0 Å². The molecule has 0 unspecified atom stereocenters. The molecule has 4 rings (SSSR count). The van der Waals surface area contributed by atoms with E-state index in [1.54, 1.807) is 35.3 Å². The second kappa shape index (κ2) is 5.92. The third kappa shape index (κ3) is 2.72. The Morgan fingerprint density at radius 2 is 2.00 bits per heavy atom. The summed E-state index contributed by atoms with van der Waals surface area (Å²) in [5.41, 5.74) is 3.57. The van der Waals surface area contributed by atoms with Gasteiger partial charge >= 0.3 is 0 Å². The first kappa shape index (κ1) is 14.1. The number of aromatic nitrogens is 6. The average molecular weight is 319 g/mol. The molecule has 118 valence electrons. The van der Waals surface area contributed by atoms with E-state index in [0.29, 0.717) is 23.3 Å². The van der Waals surface area contributed by atoms with E-state index >= 15 is 0 Å². The van der Waals surface area contributed by atoms with Gasteiger partial charge in [0.05, 0.1) is 6.54 Å². The van der Waals surface area contributed by atoms with Gasteiger partial charge in [0, 0.05) is 11.3 Å². The van der Waals surface area contributed by atoms with Crippen molar-refractivity contribution in [3.8, 4) is 0 Å². The fraction of sp³-hybridized carbons (Fsp3) is 0.0625. The van der Waals surface area contributed by atoms with Crippen molar-refractivity contribution in [1.82, 2.24) is 30.2 Å². The summed E-state index contributed by atoms with van der Waals surface area (Å²) in [6, 6.07) is 12.8. The van der Waals surface area contributed by atoms with Crippen molar-refractivity contribution in [3.05, 3.63) is 66.2 Å². The van der Waals surface area contributed by atoms with Crippen LogP contribution in [0.2, 0.25) is 0 Å². The van der Waals surface area contributed by atoms with E-state index in [9.17, 15) is 4.79 Å². The Balaban J connectivity index is 1.59. The van der Waals surface area contributed by atoms with Crippen molar-refractivity contribution < 1.29 is 4.79 Å². The van der Waals surface area contributed by atoms with Gasteiger partial charge in [-0.3, -0.25) is 4.79 Å². The minimum atomic E-state index is -0.187. The first-order chi connectivity index (χ1) is 11.8. The first-order valence-electron chi connectivity index (χ1n) is 7.32. The molecule has 1 amide bonds. The van der Waals surface area contributed by atoms with Crippen molar-refractivity contribution >= 4 is 22.6 Å². The van der Waals surface area contributed by atoms with Crippen molar-refractivity contribution in [1.29, 1.82) is 0 Å². The number of aromatic amines is 1. The summed E-state index contributed by atoms with van der Waals surface area (Å²) in [6.45, 7) is 0.478. The minimum Gasteiger partial charge on any atom is -0.322 e. The predicted molar refractivity (Wildman–Crippen MR) is 87.4 cm³/mol. The number of amides is 1. The summed E-state index contributed by atoms with van der Waals surface area (Å²) in [7, 11) is 0. The summed E-state index contributed by atoms with van der Waals surface area (Å²) in [5, 5.41) is 17.5. The zero-order chi connectivity index (χ0) is 16.4. The Morgan fingerprint density at radius 3 is 2.88 bits per heavy atom. The van der Waals surface area contributed by atoms with Gasteiger partial charge in [0.1, 0.15) is 23.7 Å². The maximum absolute atomic E-state index is 12.6. The molecule has 0 radical (unpaired) electrons. The van der Waals surface area contributed by atoms with E-state index < -0.39 is 0 Å². The van der Waals surface area contributed by atoms with Crippen molar-refractivity contribution in [3.63, 3.8) is 0 Å². The molecule has 0 aliphatic rings. The highest BCUT2D eigenvalue weighted by Gasteiger charge is 2.12. The first-order valence-corrected chi connectivity index (χ1v) is 7.32. The summed E-state index contributed by atoms with van der Waals surface area (Å²) in [5.74, 6) is -0.187. The van der Waals surface area contributed by atoms with Crippen LogP contribution in [0.15, 0.2) is 55.1 Å². The molecule has 8 heteroatoms. The number of nitrogens with one attached hydrogen (secondary N) is 2. The minimum absolute atomic E-state index is 0.187. The number of H-pyrrole nitrogens is 1. The summed E-state index contributed by atoms with van der Waals surface area (Å²) < 4.78 is 1.67. The quantitative estimate of drug-likeness (QED) is 0.598. The lowest BCUT2D eigenvalue weighted by Crippen LogP contribution is -2.15. The summed E-state index contributed by atoms with van der Waals surface area (Å²) in [6.07, 6.45) is 3.09. The SMILES string of the molecule is O=C(Nc1ccc2n[nH]nc2c1)c1ccccc1Cn1cncn1. The van der Waals surface area contributed by atoms with Crippen LogP contribution in [-0.2, 0) is 6.54 Å². The molecule has 0 aliphatic carbocycles. The number of carbonyl (C=O) groups excluding carboxylic acids is 1. The number of fused-ring (bicyclic) bond motifs is 1. The molecule has 2 aromatic heterocycles. The molecule has 0 bridgehead atoms. The number of benzene rings is 2. The number of hydrogen-bond acceptors (Lipinski definition) is 5. The number of hydrogen-bond donors (Lipinski definition) is 2. The van der Waals surface area contributed by atoms with Gasteiger partial charge in [-0.1, -0.05) is 18.2 Å². The fourth-order valence-electron chi connectivity index (χ4n) is 2.49. The van der Waals surface area contributed by atoms with Gasteiger partial charge in [-0.2, -0.15) is 20.5 Å². The molecule has 2 N–H and O–H groups in total. The van der Waals surface area contributed by atoms with Gasteiger partial charge in [0.15, 0.2) is 0 Å². The molecule has 0 atom stereocenters.